The molecule has 0 aliphatic heterocycles. The summed E-state index contributed by atoms with van der Waals surface area (Å²) in [6.45, 7) is -0.0599. The first-order valence-electron chi connectivity index (χ1n) is 5.92. The van der Waals surface area contributed by atoms with Crippen molar-refractivity contribution in [2.24, 2.45) is 0 Å². The molecule has 3 N–H and O–H groups in total. The Labute approximate surface area is 108 Å². The van der Waals surface area contributed by atoms with E-state index < -0.39 is 0 Å². The van der Waals surface area contributed by atoms with Crippen LogP contribution in [0.25, 0.3) is 11.2 Å². The molecule has 6 heteroatoms. The number of rotatable bonds is 3. The zero-order chi connectivity index (χ0) is 13.2. The highest BCUT2D eigenvalue weighted by Gasteiger charge is 2.15. The normalized spacial score (nSPS) is 12.7. The summed E-state index contributed by atoms with van der Waals surface area (Å²) >= 11 is 0. The zero-order valence-electron chi connectivity index (χ0n) is 10.1. The Bertz CT molecular complexity index is 746. The molecule has 0 fully saturated rings. The summed E-state index contributed by atoms with van der Waals surface area (Å²) in [5, 5.41) is 17.4. The number of fused-ring (bicyclic) bond motifs is 1. The molecule has 1 aromatic carbocycles. The monoisotopic (exact) mass is 255 g/mol. The van der Waals surface area contributed by atoms with Gasteiger partial charge in [0.25, 0.3) is 0 Å². The lowest BCUT2D eigenvalue weighted by Gasteiger charge is -2.18. The van der Waals surface area contributed by atoms with E-state index in [4.69, 9.17) is 5.41 Å². The molecule has 3 aromatic rings. The topological polar surface area (TPSA) is 90.6 Å². The van der Waals surface area contributed by atoms with Crippen molar-refractivity contribution in [1.29, 1.82) is 5.41 Å². The van der Waals surface area contributed by atoms with Gasteiger partial charge in [-0.2, -0.15) is 0 Å². The van der Waals surface area contributed by atoms with Crippen LogP contribution in [0.1, 0.15) is 11.6 Å². The summed E-state index contributed by atoms with van der Waals surface area (Å²) in [6, 6.07) is 9.40. The number of aromatic amines is 1. The van der Waals surface area contributed by atoms with Gasteiger partial charge in [-0.1, -0.05) is 30.3 Å². The maximum Gasteiger partial charge on any atom is 0.173 e. The fraction of sp³-hybridized carbons (Fsp3) is 0.154. The van der Waals surface area contributed by atoms with Crippen LogP contribution in [0.5, 0.6) is 0 Å². The van der Waals surface area contributed by atoms with E-state index in [1.54, 1.807) is 10.9 Å². The van der Waals surface area contributed by atoms with Crippen LogP contribution in [0, 0.1) is 5.41 Å². The van der Waals surface area contributed by atoms with Crippen molar-refractivity contribution in [2.45, 2.75) is 6.04 Å². The second kappa shape index (κ2) is 4.66. The third-order valence-corrected chi connectivity index (χ3v) is 3.11. The summed E-state index contributed by atoms with van der Waals surface area (Å²) in [6.07, 6.45) is 3.07. The van der Waals surface area contributed by atoms with E-state index in [0.717, 1.165) is 5.56 Å². The molecular formula is C13H13N5O. The summed E-state index contributed by atoms with van der Waals surface area (Å²) in [4.78, 5) is 11.1. The Morgan fingerprint density at radius 1 is 1.26 bits per heavy atom. The standard InChI is InChI=1S/C13H13N5O/c14-12-11-13(16-7-15-11)18(8-17-12)10(6-19)9-4-2-1-3-5-9/h1-5,7-8,10,14,19H,6H2,(H,15,16). The molecule has 96 valence electrons. The van der Waals surface area contributed by atoms with Gasteiger partial charge in [0.2, 0.25) is 0 Å². The fourth-order valence-electron chi connectivity index (χ4n) is 2.15. The number of aromatic nitrogens is 4. The first-order valence-corrected chi connectivity index (χ1v) is 5.92. The van der Waals surface area contributed by atoms with Crippen LogP contribution in [0.15, 0.2) is 43.0 Å². The lowest BCUT2D eigenvalue weighted by Crippen LogP contribution is -2.20. The minimum absolute atomic E-state index is 0.0599. The Kier molecular flexibility index (Phi) is 2.85. The molecular weight excluding hydrogens is 242 g/mol. The van der Waals surface area contributed by atoms with Crippen molar-refractivity contribution in [2.75, 3.05) is 6.61 Å². The van der Waals surface area contributed by atoms with E-state index in [1.807, 2.05) is 30.3 Å². The number of H-pyrrole nitrogens is 1. The summed E-state index contributed by atoms with van der Waals surface area (Å²) in [7, 11) is 0. The van der Waals surface area contributed by atoms with Crippen LogP contribution in [0.2, 0.25) is 0 Å². The predicted octanol–water partition coefficient (Wildman–Crippen LogP) is 0.821. The lowest BCUT2D eigenvalue weighted by molar-refractivity contribution is 0.250. The molecule has 0 aliphatic carbocycles. The summed E-state index contributed by atoms with van der Waals surface area (Å²) in [5.74, 6) is 0. The van der Waals surface area contributed by atoms with Gasteiger partial charge in [-0.05, 0) is 5.56 Å². The number of imidazole rings is 1. The Balaban J connectivity index is 2.20. The van der Waals surface area contributed by atoms with Gasteiger partial charge in [0.1, 0.15) is 5.52 Å². The van der Waals surface area contributed by atoms with Crippen LogP contribution < -0.4 is 5.49 Å². The van der Waals surface area contributed by atoms with Crippen molar-refractivity contribution >= 4 is 11.2 Å². The van der Waals surface area contributed by atoms with E-state index in [1.165, 1.54) is 6.33 Å². The van der Waals surface area contributed by atoms with Gasteiger partial charge >= 0.3 is 0 Å². The fourth-order valence-corrected chi connectivity index (χ4v) is 2.15. The number of hydrogen-bond donors (Lipinski definition) is 3. The van der Waals surface area contributed by atoms with Crippen molar-refractivity contribution in [3.63, 3.8) is 0 Å². The van der Waals surface area contributed by atoms with E-state index in [9.17, 15) is 5.11 Å². The first-order chi connectivity index (χ1) is 9.31. The molecule has 0 radical (unpaired) electrons. The largest absolute Gasteiger partial charge is 0.394 e. The number of nitrogens with one attached hydrogen (secondary N) is 2. The molecule has 0 amide bonds. The molecule has 0 saturated heterocycles. The molecule has 0 aliphatic rings. The van der Waals surface area contributed by atoms with Crippen molar-refractivity contribution < 1.29 is 5.11 Å². The third-order valence-electron chi connectivity index (χ3n) is 3.11. The molecule has 3 rings (SSSR count). The van der Waals surface area contributed by atoms with Crippen molar-refractivity contribution in [3.05, 3.63) is 54.0 Å². The molecule has 6 nitrogen and oxygen atoms in total. The average molecular weight is 255 g/mol. The molecule has 0 spiro atoms. The molecule has 2 aromatic heterocycles. The van der Waals surface area contributed by atoms with Gasteiger partial charge in [-0.25, -0.2) is 9.97 Å². The molecule has 0 saturated carbocycles. The van der Waals surface area contributed by atoms with Gasteiger partial charge in [-0.15, -0.1) is 0 Å². The van der Waals surface area contributed by atoms with Crippen LogP contribution in [0.3, 0.4) is 0 Å². The number of nitrogens with zero attached hydrogens (tertiary/aromatic N) is 3. The SMILES string of the molecule is N=c1ncn(C(CO)c2ccccc2)c2nc[nH]c12. The molecule has 2 heterocycles. The predicted molar refractivity (Wildman–Crippen MR) is 69.4 cm³/mol. The van der Waals surface area contributed by atoms with Crippen LogP contribution in [0.4, 0.5) is 0 Å². The highest BCUT2D eigenvalue weighted by atomic mass is 16.3. The number of aliphatic hydroxyl groups is 1. The van der Waals surface area contributed by atoms with Crippen LogP contribution >= 0.6 is 0 Å². The molecule has 1 unspecified atom stereocenters. The summed E-state index contributed by atoms with van der Waals surface area (Å²) < 4.78 is 1.78. The number of aliphatic hydroxyl groups excluding tert-OH is 1. The zero-order valence-corrected chi connectivity index (χ0v) is 10.1. The van der Waals surface area contributed by atoms with E-state index >= 15 is 0 Å². The van der Waals surface area contributed by atoms with Crippen molar-refractivity contribution in [1.82, 2.24) is 19.5 Å². The van der Waals surface area contributed by atoms with E-state index in [2.05, 4.69) is 15.0 Å². The van der Waals surface area contributed by atoms with E-state index in [-0.39, 0.29) is 18.1 Å². The second-order valence-corrected chi connectivity index (χ2v) is 4.21. The van der Waals surface area contributed by atoms with Gasteiger partial charge in [0.05, 0.1) is 25.3 Å². The van der Waals surface area contributed by atoms with E-state index in [0.29, 0.717) is 11.2 Å². The highest BCUT2D eigenvalue weighted by molar-refractivity contribution is 5.68. The van der Waals surface area contributed by atoms with Gasteiger partial charge < -0.3 is 14.7 Å². The third kappa shape index (κ3) is 1.92. The molecule has 1 atom stereocenters. The average Bonchev–Trinajstić information content (AvgIpc) is 2.94. The summed E-state index contributed by atoms with van der Waals surface area (Å²) in [5.41, 5.74) is 2.30. The van der Waals surface area contributed by atoms with Gasteiger partial charge in [0, 0.05) is 0 Å². The van der Waals surface area contributed by atoms with Crippen molar-refractivity contribution in [3.8, 4) is 0 Å². The molecule has 19 heavy (non-hydrogen) atoms. The number of benzene rings is 1. The van der Waals surface area contributed by atoms with Gasteiger partial charge in [-0.3, -0.25) is 5.41 Å². The maximum absolute atomic E-state index is 9.67. The van der Waals surface area contributed by atoms with Crippen LogP contribution in [-0.4, -0.2) is 31.2 Å². The van der Waals surface area contributed by atoms with Gasteiger partial charge in [0.15, 0.2) is 11.1 Å². The smallest absolute Gasteiger partial charge is 0.173 e. The van der Waals surface area contributed by atoms with Crippen LogP contribution in [-0.2, 0) is 0 Å². The Morgan fingerprint density at radius 3 is 2.79 bits per heavy atom. The maximum atomic E-state index is 9.67. The molecule has 0 bridgehead atoms. The lowest BCUT2D eigenvalue weighted by atomic mass is 10.1. The first kappa shape index (κ1) is 11.6. The minimum Gasteiger partial charge on any atom is -0.394 e. The second-order valence-electron chi connectivity index (χ2n) is 4.21. The minimum atomic E-state index is -0.264. The Morgan fingerprint density at radius 2 is 2.05 bits per heavy atom. The highest BCUT2D eigenvalue weighted by Crippen LogP contribution is 2.19. The number of hydrogen-bond acceptors (Lipinski definition) is 4. The Hall–Kier alpha value is -2.47. The quantitative estimate of drug-likeness (QED) is 0.647.